The summed E-state index contributed by atoms with van der Waals surface area (Å²) in [5, 5.41) is 6.36. The monoisotopic (exact) mass is 577 g/mol. The number of amides is 1. The number of fused-ring (bicyclic) bond motifs is 1. The minimum absolute atomic E-state index is 0.0122. The van der Waals surface area contributed by atoms with Crippen LogP contribution < -0.4 is 16.2 Å². The van der Waals surface area contributed by atoms with E-state index in [-0.39, 0.29) is 24.0 Å². The molecule has 6 rings (SSSR count). The Hall–Kier alpha value is -5.71. The van der Waals surface area contributed by atoms with Crippen LogP contribution in [-0.4, -0.2) is 30.4 Å². The Balaban J connectivity index is 1.50. The highest BCUT2D eigenvalue weighted by molar-refractivity contribution is 5.98. The summed E-state index contributed by atoms with van der Waals surface area (Å²) in [5.41, 5.74) is 1.84. The number of imidazole rings is 1. The summed E-state index contributed by atoms with van der Waals surface area (Å²) in [6, 6.07) is 20.8. The topological polar surface area (TPSA) is 118 Å². The first-order chi connectivity index (χ1) is 20.9. The molecule has 0 aliphatic rings. The molecule has 3 aromatic heterocycles. The van der Waals surface area contributed by atoms with Gasteiger partial charge in [0.15, 0.2) is 5.65 Å². The van der Waals surface area contributed by atoms with E-state index in [0.29, 0.717) is 34.6 Å². The van der Waals surface area contributed by atoms with Crippen LogP contribution in [0.4, 0.5) is 14.7 Å². The van der Waals surface area contributed by atoms with E-state index in [1.807, 2.05) is 37.3 Å². The van der Waals surface area contributed by atoms with Crippen LogP contribution in [0.15, 0.2) is 96.1 Å². The average molecular weight is 578 g/mol. The number of hydrogen-bond acceptors (Lipinski definition) is 6. The van der Waals surface area contributed by atoms with Gasteiger partial charge in [-0.3, -0.25) is 14.2 Å². The summed E-state index contributed by atoms with van der Waals surface area (Å²) >= 11 is 0. The molecule has 0 saturated heterocycles. The SMILES string of the molecule is Cc1ccc(C(=O)NCc2ccccc2)cc1-c1nc(NCc2ncc[nH]2)nc2c1ccc(=O)n2-c1c(F)cccc1F. The van der Waals surface area contributed by atoms with Gasteiger partial charge in [0, 0.05) is 41.5 Å². The number of anilines is 1. The van der Waals surface area contributed by atoms with Gasteiger partial charge in [0.1, 0.15) is 23.1 Å². The number of carbonyl (C=O) groups excluding carboxylic acids is 1. The molecule has 3 heterocycles. The minimum atomic E-state index is -0.923. The highest BCUT2D eigenvalue weighted by Gasteiger charge is 2.21. The number of nitrogens with one attached hydrogen (secondary N) is 3. The normalized spacial score (nSPS) is 11.0. The van der Waals surface area contributed by atoms with Gasteiger partial charge >= 0.3 is 0 Å². The average Bonchev–Trinajstić information content (AvgIpc) is 3.54. The van der Waals surface area contributed by atoms with Crippen molar-refractivity contribution in [3.63, 3.8) is 0 Å². The number of hydrogen-bond donors (Lipinski definition) is 3. The highest BCUT2D eigenvalue weighted by Crippen LogP contribution is 2.31. The van der Waals surface area contributed by atoms with Gasteiger partial charge < -0.3 is 15.6 Å². The number of aryl methyl sites for hydroxylation is 1. The van der Waals surface area contributed by atoms with E-state index >= 15 is 0 Å². The third kappa shape index (κ3) is 5.60. The molecule has 3 N–H and O–H groups in total. The van der Waals surface area contributed by atoms with Crippen molar-refractivity contribution in [2.24, 2.45) is 0 Å². The first-order valence-electron chi connectivity index (χ1n) is 13.4. The van der Waals surface area contributed by atoms with Crippen molar-refractivity contribution < 1.29 is 13.6 Å². The predicted octanol–water partition coefficient (Wildman–Crippen LogP) is 5.30. The standard InChI is InChI=1S/C32H25F2N7O2/c1-19-10-11-21(31(43)37-17-20-6-3-2-4-7-20)16-23(19)28-22-12-13-27(42)41(29-24(33)8-5-9-25(29)34)30(22)40-32(39-28)38-18-26-35-14-15-36-26/h2-16H,17-18H2,1H3,(H,35,36)(H,37,43)(H,38,39,40). The van der Waals surface area contributed by atoms with Crippen LogP contribution in [0, 0.1) is 18.6 Å². The van der Waals surface area contributed by atoms with E-state index in [2.05, 4.69) is 25.6 Å². The van der Waals surface area contributed by atoms with Gasteiger partial charge in [0.2, 0.25) is 5.95 Å². The second-order valence-corrected chi connectivity index (χ2v) is 9.80. The fraction of sp³-hybridized carbons (Fsp3) is 0.0938. The van der Waals surface area contributed by atoms with Crippen molar-refractivity contribution in [2.75, 3.05) is 5.32 Å². The lowest BCUT2D eigenvalue weighted by molar-refractivity contribution is 0.0951. The van der Waals surface area contributed by atoms with Crippen molar-refractivity contribution >= 4 is 22.9 Å². The van der Waals surface area contributed by atoms with Crippen LogP contribution in [0.3, 0.4) is 0 Å². The largest absolute Gasteiger partial charge is 0.348 e. The molecule has 0 fully saturated rings. The Morgan fingerprint density at radius 3 is 2.47 bits per heavy atom. The van der Waals surface area contributed by atoms with Crippen molar-refractivity contribution in [3.05, 3.63) is 136 Å². The van der Waals surface area contributed by atoms with Crippen LogP contribution in [0.5, 0.6) is 0 Å². The van der Waals surface area contributed by atoms with Gasteiger partial charge in [-0.25, -0.2) is 18.7 Å². The number of carbonyl (C=O) groups is 1. The number of aromatic nitrogens is 5. The molecule has 0 bridgehead atoms. The Morgan fingerprint density at radius 1 is 0.930 bits per heavy atom. The van der Waals surface area contributed by atoms with Crippen LogP contribution >= 0.6 is 0 Å². The maximum absolute atomic E-state index is 15.0. The van der Waals surface area contributed by atoms with Gasteiger partial charge in [0.05, 0.1) is 12.2 Å². The number of halogens is 2. The van der Waals surface area contributed by atoms with Crippen LogP contribution in [0.2, 0.25) is 0 Å². The van der Waals surface area contributed by atoms with Crippen LogP contribution in [0.25, 0.3) is 28.0 Å². The summed E-state index contributed by atoms with van der Waals surface area (Å²) < 4.78 is 30.9. The molecular formula is C32H25F2N7O2. The highest BCUT2D eigenvalue weighted by atomic mass is 19.1. The molecule has 0 atom stereocenters. The second kappa shape index (κ2) is 11.6. The Morgan fingerprint density at radius 2 is 1.72 bits per heavy atom. The lowest BCUT2D eigenvalue weighted by Gasteiger charge is -2.16. The van der Waals surface area contributed by atoms with Gasteiger partial charge in [-0.1, -0.05) is 42.5 Å². The van der Waals surface area contributed by atoms with Gasteiger partial charge in [-0.2, -0.15) is 4.98 Å². The zero-order valence-electron chi connectivity index (χ0n) is 22.9. The summed E-state index contributed by atoms with van der Waals surface area (Å²) in [6.07, 6.45) is 3.26. The molecule has 0 aliphatic heterocycles. The van der Waals surface area contributed by atoms with Gasteiger partial charge in [-0.05, 0) is 48.4 Å². The zero-order chi connectivity index (χ0) is 29.9. The Kier molecular flexibility index (Phi) is 7.44. The molecule has 0 spiro atoms. The van der Waals surface area contributed by atoms with Crippen LogP contribution in [-0.2, 0) is 13.1 Å². The van der Waals surface area contributed by atoms with Crippen LogP contribution in [0.1, 0.15) is 27.3 Å². The van der Waals surface area contributed by atoms with Gasteiger partial charge in [0.25, 0.3) is 11.5 Å². The first-order valence-corrected chi connectivity index (χ1v) is 13.4. The molecule has 0 aliphatic carbocycles. The molecule has 1 amide bonds. The van der Waals surface area contributed by atoms with Crippen molar-refractivity contribution in [1.82, 2.24) is 29.8 Å². The third-order valence-electron chi connectivity index (χ3n) is 6.93. The Labute approximate surface area is 244 Å². The molecule has 11 heteroatoms. The molecule has 6 aromatic rings. The smallest absolute Gasteiger partial charge is 0.256 e. The number of rotatable bonds is 8. The molecule has 3 aromatic carbocycles. The number of aromatic amines is 1. The van der Waals surface area contributed by atoms with E-state index in [9.17, 15) is 18.4 Å². The minimum Gasteiger partial charge on any atom is -0.348 e. The fourth-order valence-electron chi connectivity index (χ4n) is 4.77. The quantitative estimate of drug-likeness (QED) is 0.226. The second-order valence-electron chi connectivity index (χ2n) is 9.80. The molecular weight excluding hydrogens is 552 g/mol. The summed E-state index contributed by atoms with van der Waals surface area (Å²) in [7, 11) is 0. The Bertz CT molecular complexity index is 1990. The maximum atomic E-state index is 15.0. The van der Waals surface area contributed by atoms with E-state index in [1.54, 1.807) is 30.6 Å². The van der Waals surface area contributed by atoms with Gasteiger partial charge in [-0.15, -0.1) is 0 Å². The number of nitrogens with zero attached hydrogens (tertiary/aromatic N) is 4. The fourth-order valence-corrected chi connectivity index (χ4v) is 4.77. The lowest BCUT2D eigenvalue weighted by atomic mass is 9.99. The number of pyridine rings is 1. The lowest BCUT2D eigenvalue weighted by Crippen LogP contribution is -2.23. The van der Waals surface area contributed by atoms with E-state index in [0.717, 1.165) is 27.8 Å². The molecule has 0 unspecified atom stereocenters. The van der Waals surface area contributed by atoms with E-state index in [1.165, 1.54) is 18.2 Å². The molecule has 0 radical (unpaired) electrons. The maximum Gasteiger partial charge on any atom is 0.256 e. The van der Waals surface area contributed by atoms with E-state index in [4.69, 9.17) is 4.98 Å². The number of para-hydroxylation sites is 1. The zero-order valence-corrected chi connectivity index (χ0v) is 22.9. The molecule has 214 valence electrons. The molecule has 43 heavy (non-hydrogen) atoms. The van der Waals surface area contributed by atoms with Crippen molar-refractivity contribution in [2.45, 2.75) is 20.0 Å². The third-order valence-corrected chi connectivity index (χ3v) is 6.93. The molecule has 0 saturated carbocycles. The molecule has 9 nitrogen and oxygen atoms in total. The summed E-state index contributed by atoms with van der Waals surface area (Å²) in [6.45, 7) is 2.42. The first kappa shape index (κ1) is 27.5. The van der Waals surface area contributed by atoms with Crippen molar-refractivity contribution in [3.8, 4) is 16.9 Å². The predicted molar refractivity (Wildman–Crippen MR) is 159 cm³/mol. The number of H-pyrrole nitrogens is 1. The van der Waals surface area contributed by atoms with E-state index < -0.39 is 22.9 Å². The van der Waals surface area contributed by atoms with Crippen molar-refractivity contribution in [1.29, 1.82) is 0 Å². The summed E-state index contributed by atoms with van der Waals surface area (Å²) in [4.78, 5) is 42.7. The number of benzene rings is 3. The summed E-state index contributed by atoms with van der Waals surface area (Å²) in [5.74, 6) is -1.44.